The highest BCUT2D eigenvalue weighted by atomic mass is 16.7. The van der Waals surface area contributed by atoms with Crippen molar-refractivity contribution in [3.05, 3.63) is 36.5 Å². The fourth-order valence-electron chi connectivity index (χ4n) is 11.7. The average molecular weight is 1240 g/mol. The highest BCUT2D eigenvalue weighted by Crippen LogP contribution is 2.20. The van der Waals surface area contributed by atoms with E-state index in [9.17, 15) is 19.5 Å². The first-order valence-electron chi connectivity index (χ1n) is 38.7. The fraction of sp³-hybridized carbons (Fsp3) is 0.886. The Kier molecular flexibility index (Phi) is 68.4. The number of quaternary nitrogens is 1. The molecule has 0 aromatic carbocycles. The molecule has 0 saturated carbocycles. The number of ether oxygens (including phenoxy) is 4. The van der Waals surface area contributed by atoms with Crippen LogP contribution in [0.1, 0.15) is 393 Å². The van der Waals surface area contributed by atoms with Gasteiger partial charge >= 0.3 is 17.9 Å². The van der Waals surface area contributed by atoms with E-state index in [0.29, 0.717) is 17.4 Å². The zero-order chi connectivity index (χ0) is 64.0. The molecule has 2 unspecified atom stereocenters. The number of carboxylic acid groups (broad SMARTS) is 1. The first-order chi connectivity index (χ1) is 43.1. The van der Waals surface area contributed by atoms with E-state index in [0.717, 1.165) is 51.4 Å². The summed E-state index contributed by atoms with van der Waals surface area (Å²) >= 11 is 0. The van der Waals surface area contributed by atoms with Crippen molar-refractivity contribution in [3.8, 4) is 0 Å². The Bertz CT molecular complexity index is 1540. The molecule has 0 fully saturated rings. The van der Waals surface area contributed by atoms with Gasteiger partial charge in [-0.05, 0) is 51.4 Å². The van der Waals surface area contributed by atoms with Crippen LogP contribution in [0.15, 0.2) is 36.5 Å². The first kappa shape index (κ1) is 85.5. The Morgan fingerprint density at radius 2 is 0.614 bits per heavy atom. The van der Waals surface area contributed by atoms with Crippen LogP contribution in [0.4, 0.5) is 0 Å². The van der Waals surface area contributed by atoms with Crippen molar-refractivity contribution >= 4 is 17.9 Å². The summed E-state index contributed by atoms with van der Waals surface area (Å²) in [5.74, 6) is -1.97. The van der Waals surface area contributed by atoms with Gasteiger partial charge in [-0.1, -0.05) is 365 Å². The minimum atomic E-state index is -1.51. The van der Waals surface area contributed by atoms with Gasteiger partial charge in [0.1, 0.15) is 13.2 Å². The van der Waals surface area contributed by atoms with Crippen LogP contribution in [-0.4, -0.2) is 87.4 Å². The zero-order valence-corrected chi connectivity index (χ0v) is 59.4. The van der Waals surface area contributed by atoms with E-state index < -0.39 is 18.4 Å². The highest BCUT2D eigenvalue weighted by molar-refractivity contribution is 5.71. The average Bonchev–Trinajstić information content (AvgIpc) is 3.62. The summed E-state index contributed by atoms with van der Waals surface area (Å²) in [5, 5.41) is 9.76. The number of rotatable bonds is 73. The predicted octanol–water partition coefficient (Wildman–Crippen LogP) is 24.3. The molecule has 0 radical (unpaired) electrons. The maximum atomic E-state index is 13.0. The predicted molar refractivity (Wildman–Crippen MR) is 378 cm³/mol. The van der Waals surface area contributed by atoms with Gasteiger partial charge in [0, 0.05) is 12.8 Å². The molecule has 0 bridgehead atoms. The summed E-state index contributed by atoms with van der Waals surface area (Å²) in [6.07, 6.45) is 87.2. The second kappa shape index (κ2) is 70.4. The summed E-state index contributed by atoms with van der Waals surface area (Å²) in [4.78, 5) is 37.7. The standard InChI is InChI=1S/C79H149NO8/c1-6-8-10-12-14-16-18-20-22-24-26-28-30-32-34-36-38-39-40-42-44-46-48-50-52-54-56-58-60-62-64-66-68-70-77(82)88-75(74-87-79(78(83)84)85-72-71-80(3,4)5)73-86-76(81)69-67-65-63-61-59-57-55-53-51-49-47-45-43-41-37-35-33-31-29-27-25-23-21-19-17-15-13-11-9-7-2/h18,20,24,26,30,32,75,79H,6-17,19,21-23,25,27-29,31,33-74H2,1-5H3/p+1/b20-18-,26-24-,32-30-. The van der Waals surface area contributed by atoms with Crippen LogP contribution in [-0.2, 0) is 33.3 Å². The van der Waals surface area contributed by atoms with E-state index in [-0.39, 0.29) is 38.2 Å². The molecule has 9 heteroatoms. The van der Waals surface area contributed by atoms with Gasteiger partial charge in [-0.25, -0.2) is 4.79 Å². The minimum absolute atomic E-state index is 0.175. The molecule has 0 saturated heterocycles. The second-order valence-corrected chi connectivity index (χ2v) is 27.7. The fourth-order valence-corrected chi connectivity index (χ4v) is 11.7. The summed E-state index contributed by atoms with van der Waals surface area (Å²) in [6, 6.07) is 0. The quantitative estimate of drug-likeness (QED) is 0.0211. The highest BCUT2D eigenvalue weighted by Gasteiger charge is 2.25. The van der Waals surface area contributed by atoms with Gasteiger partial charge in [0.2, 0.25) is 0 Å². The third kappa shape index (κ3) is 71.0. The molecule has 0 aliphatic rings. The van der Waals surface area contributed by atoms with Crippen LogP contribution >= 0.6 is 0 Å². The van der Waals surface area contributed by atoms with Gasteiger partial charge < -0.3 is 28.5 Å². The Labute approximate surface area is 547 Å². The summed E-state index contributed by atoms with van der Waals surface area (Å²) in [5.41, 5.74) is 0. The lowest BCUT2D eigenvalue weighted by Gasteiger charge is -2.25. The smallest absolute Gasteiger partial charge is 0.361 e. The number of hydrogen-bond donors (Lipinski definition) is 1. The van der Waals surface area contributed by atoms with Crippen molar-refractivity contribution in [2.45, 2.75) is 405 Å². The van der Waals surface area contributed by atoms with E-state index in [2.05, 4.69) is 50.3 Å². The van der Waals surface area contributed by atoms with Crippen molar-refractivity contribution in [2.24, 2.45) is 0 Å². The molecular weight excluding hydrogens is 1090 g/mol. The van der Waals surface area contributed by atoms with Crippen molar-refractivity contribution in [1.29, 1.82) is 0 Å². The number of hydrogen-bond acceptors (Lipinski definition) is 7. The van der Waals surface area contributed by atoms with Gasteiger partial charge in [-0.15, -0.1) is 0 Å². The number of aliphatic carboxylic acids is 1. The Morgan fingerprint density at radius 1 is 0.341 bits per heavy atom. The topological polar surface area (TPSA) is 108 Å². The Morgan fingerprint density at radius 3 is 0.909 bits per heavy atom. The van der Waals surface area contributed by atoms with Gasteiger partial charge in [0.15, 0.2) is 6.10 Å². The summed E-state index contributed by atoms with van der Waals surface area (Å²) < 4.78 is 23.1. The lowest BCUT2D eigenvalue weighted by atomic mass is 10.0. The SMILES string of the molecule is CCCCCCC/C=C\C/C=C\C/C=C\CCCCCCCCCCCCCCCCCCCCC(=O)OC(COC(=O)CCCCCCCCCCCCCCCCCCCCCCCCCCCCCCCC)COC(OCC[N+](C)(C)C)C(=O)O. The first-order valence-corrected chi connectivity index (χ1v) is 38.7. The van der Waals surface area contributed by atoms with Crippen molar-refractivity contribution in [3.63, 3.8) is 0 Å². The van der Waals surface area contributed by atoms with Crippen LogP contribution in [0.5, 0.6) is 0 Å². The molecular formula is C79H150NO8+. The minimum Gasteiger partial charge on any atom is -0.477 e. The third-order valence-corrected chi connectivity index (χ3v) is 17.6. The molecule has 0 aromatic rings. The van der Waals surface area contributed by atoms with Crippen molar-refractivity contribution < 1.29 is 42.9 Å². The maximum Gasteiger partial charge on any atom is 0.361 e. The number of carbonyl (C=O) groups is 3. The Hall–Kier alpha value is -2.49. The molecule has 0 amide bonds. The van der Waals surface area contributed by atoms with Gasteiger partial charge in [0.25, 0.3) is 6.29 Å². The van der Waals surface area contributed by atoms with Crippen LogP contribution in [0, 0.1) is 0 Å². The number of allylic oxidation sites excluding steroid dienone is 6. The molecule has 9 nitrogen and oxygen atoms in total. The number of carbonyl (C=O) groups excluding carboxylic acids is 2. The molecule has 518 valence electrons. The second-order valence-electron chi connectivity index (χ2n) is 27.7. The number of unbranched alkanes of at least 4 members (excludes halogenated alkanes) is 52. The molecule has 1 N–H and O–H groups in total. The molecule has 2 atom stereocenters. The maximum absolute atomic E-state index is 13.0. The lowest BCUT2D eigenvalue weighted by Crippen LogP contribution is -2.40. The Balaban J connectivity index is 4.01. The van der Waals surface area contributed by atoms with Crippen LogP contribution in [0.25, 0.3) is 0 Å². The summed E-state index contributed by atoms with van der Waals surface area (Å²) in [6.45, 7) is 4.95. The molecule has 0 aliphatic carbocycles. The van der Waals surface area contributed by atoms with Crippen molar-refractivity contribution in [2.75, 3.05) is 47.5 Å². The normalized spacial score (nSPS) is 12.8. The number of nitrogens with zero attached hydrogens (tertiary/aromatic N) is 1. The monoisotopic (exact) mass is 1240 g/mol. The molecule has 0 rings (SSSR count). The van der Waals surface area contributed by atoms with E-state index >= 15 is 0 Å². The van der Waals surface area contributed by atoms with Gasteiger partial charge in [-0.3, -0.25) is 9.59 Å². The number of likely N-dealkylation sites (N-methyl/N-ethyl adjacent to an activating group) is 1. The zero-order valence-electron chi connectivity index (χ0n) is 59.4. The van der Waals surface area contributed by atoms with Gasteiger partial charge in [-0.2, -0.15) is 0 Å². The molecule has 0 aromatic heterocycles. The molecule has 0 aliphatic heterocycles. The number of esters is 2. The molecule has 0 heterocycles. The van der Waals surface area contributed by atoms with Crippen LogP contribution in [0.3, 0.4) is 0 Å². The van der Waals surface area contributed by atoms with Crippen LogP contribution < -0.4 is 0 Å². The van der Waals surface area contributed by atoms with E-state index in [1.54, 1.807) is 0 Å². The van der Waals surface area contributed by atoms with Gasteiger partial charge in [0.05, 0.1) is 34.4 Å². The lowest BCUT2D eigenvalue weighted by molar-refractivity contribution is -0.870. The third-order valence-electron chi connectivity index (χ3n) is 17.6. The van der Waals surface area contributed by atoms with E-state index in [1.165, 1.54) is 315 Å². The molecule has 0 spiro atoms. The summed E-state index contributed by atoms with van der Waals surface area (Å²) in [7, 11) is 6.00. The van der Waals surface area contributed by atoms with E-state index in [4.69, 9.17) is 18.9 Å². The molecule has 88 heavy (non-hydrogen) atoms. The van der Waals surface area contributed by atoms with Crippen LogP contribution in [0.2, 0.25) is 0 Å². The number of carboxylic acids is 1. The van der Waals surface area contributed by atoms with Crippen molar-refractivity contribution in [1.82, 2.24) is 0 Å². The largest absolute Gasteiger partial charge is 0.477 e. The van der Waals surface area contributed by atoms with E-state index in [1.807, 2.05) is 21.1 Å².